The van der Waals surface area contributed by atoms with E-state index in [2.05, 4.69) is 72.8 Å². The Morgan fingerprint density at radius 1 is 0.682 bits per heavy atom. The molecule has 0 amide bonds. The molecule has 2 aromatic carbocycles. The molecule has 3 aliphatic rings. The maximum absolute atomic E-state index is 2.55. The zero-order valence-corrected chi connectivity index (χ0v) is 16.8. The van der Waals surface area contributed by atoms with Crippen LogP contribution in [0.1, 0.15) is 29.6 Å². The van der Waals surface area contributed by atoms with Crippen molar-refractivity contribution in [2.24, 2.45) is 0 Å². The predicted molar refractivity (Wildman–Crippen MR) is 93.3 cm³/mol. The second kappa shape index (κ2) is 5.32. The number of hydrogen-bond donors (Lipinski definition) is 0. The first-order valence-electron chi connectivity index (χ1n) is 7.93. The Morgan fingerprint density at radius 3 is 1.59 bits per heavy atom. The standard InChI is InChI=1S/2C9H7.C2H4.ClH.Hf/c2*1-2-5-9-7-3-6-8(9)4-1;1-2;;/h2*1-7H;1-2H2;1H;. The number of halogens is 1. The fourth-order valence-corrected chi connectivity index (χ4v) is 29.6. The molecule has 5 rings (SSSR count). The van der Waals surface area contributed by atoms with E-state index in [4.69, 9.17) is 0 Å². The van der Waals surface area contributed by atoms with Gasteiger partial charge in [-0.1, -0.05) is 0 Å². The molecule has 2 unspecified atom stereocenters. The van der Waals surface area contributed by atoms with Crippen molar-refractivity contribution in [3.63, 3.8) is 0 Å². The monoisotopic (exact) mass is 474 g/mol. The summed E-state index contributed by atoms with van der Waals surface area (Å²) in [6.07, 6.45) is 9.86. The summed E-state index contributed by atoms with van der Waals surface area (Å²) >= 11 is -2.27. The van der Waals surface area contributed by atoms with Gasteiger partial charge in [-0.25, -0.2) is 0 Å². The molecule has 2 atom stereocenters. The van der Waals surface area contributed by atoms with Gasteiger partial charge in [-0.05, 0) is 0 Å². The second-order valence-corrected chi connectivity index (χ2v) is 23.6. The predicted octanol–water partition coefficient (Wildman–Crippen LogP) is 5.95. The summed E-state index contributed by atoms with van der Waals surface area (Å²) in [6, 6.07) is 18.1. The number of rotatable bonds is 2. The smallest absolute Gasteiger partial charge is 0.147 e. The van der Waals surface area contributed by atoms with Crippen LogP contribution in [-0.2, 0) is 20.0 Å². The fraction of sp³-hybridized carbons (Fsp3) is 0.200. The van der Waals surface area contributed by atoms with E-state index in [1.165, 1.54) is 11.1 Å². The van der Waals surface area contributed by atoms with Crippen molar-refractivity contribution in [2.75, 3.05) is 0 Å². The van der Waals surface area contributed by atoms with Gasteiger partial charge in [-0.15, -0.1) is 12.4 Å². The largest absolute Gasteiger partial charge is 0.147 e. The Morgan fingerprint density at radius 2 is 1.14 bits per heavy atom. The molecule has 2 aliphatic carbocycles. The Kier molecular flexibility index (Phi) is 3.54. The van der Waals surface area contributed by atoms with E-state index in [1.807, 2.05) is 0 Å². The molecule has 0 radical (unpaired) electrons. The summed E-state index contributed by atoms with van der Waals surface area (Å²) in [4.78, 5) is 0. The van der Waals surface area contributed by atoms with Crippen molar-refractivity contribution in [3.05, 3.63) is 82.9 Å². The summed E-state index contributed by atoms with van der Waals surface area (Å²) in [5, 5.41) is 0. The SMILES string of the molecule is C1=C[CH]([Hf]2([CH]3C=Cc4ccccc43)[CH2][CH2]2)c2ccccc21.Cl. The van der Waals surface area contributed by atoms with Gasteiger partial charge >= 0.3 is 131 Å². The average molecular weight is 473 g/mol. The van der Waals surface area contributed by atoms with Crippen LogP contribution in [0, 0.1) is 0 Å². The normalized spacial score (nSPS) is 25.5. The van der Waals surface area contributed by atoms with Crippen LogP contribution in [0.25, 0.3) is 12.2 Å². The van der Waals surface area contributed by atoms with Crippen LogP contribution in [0.4, 0.5) is 0 Å². The van der Waals surface area contributed by atoms with Crippen LogP contribution in [0.5, 0.6) is 0 Å². The maximum Gasteiger partial charge on any atom is -0.147 e. The summed E-state index contributed by atoms with van der Waals surface area (Å²) in [7, 11) is 0. The Labute approximate surface area is 142 Å². The molecule has 1 fully saturated rings. The number of hydrogen-bond acceptors (Lipinski definition) is 0. The first-order valence-corrected chi connectivity index (χ1v) is 17.2. The van der Waals surface area contributed by atoms with Gasteiger partial charge < -0.3 is 0 Å². The molecule has 1 aliphatic heterocycles. The topological polar surface area (TPSA) is 0 Å². The van der Waals surface area contributed by atoms with Crippen molar-refractivity contribution in [1.29, 1.82) is 0 Å². The van der Waals surface area contributed by atoms with Crippen molar-refractivity contribution in [1.82, 2.24) is 0 Å². The van der Waals surface area contributed by atoms with Crippen molar-refractivity contribution < 1.29 is 20.0 Å². The van der Waals surface area contributed by atoms with Crippen LogP contribution in [0.15, 0.2) is 60.7 Å². The van der Waals surface area contributed by atoms with E-state index in [0.717, 1.165) is 7.35 Å². The van der Waals surface area contributed by atoms with Gasteiger partial charge in [0.25, 0.3) is 0 Å². The number of benzene rings is 2. The van der Waals surface area contributed by atoms with Gasteiger partial charge in [0.15, 0.2) is 0 Å². The van der Waals surface area contributed by atoms with E-state index in [-0.39, 0.29) is 12.4 Å². The molecule has 22 heavy (non-hydrogen) atoms. The van der Waals surface area contributed by atoms with Crippen LogP contribution in [0.3, 0.4) is 0 Å². The van der Waals surface area contributed by atoms with E-state index in [1.54, 1.807) is 19.5 Å². The molecule has 0 N–H and O–H groups in total. The maximum atomic E-state index is 2.55. The summed E-state index contributed by atoms with van der Waals surface area (Å²) in [5.74, 6) is 0. The van der Waals surface area contributed by atoms with Crippen LogP contribution in [-0.4, -0.2) is 0 Å². The zero-order valence-electron chi connectivity index (χ0n) is 12.4. The minimum absolute atomic E-state index is 0. The van der Waals surface area contributed by atoms with Gasteiger partial charge in [-0.3, -0.25) is 0 Å². The first kappa shape index (κ1) is 14.7. The van der Waals surface area contributed by atoms with E-state index in [9.17, 15) is 0 Å². The Balaban J connectivity index is 0.00000125. The van der Waals surface area contributed by atoms with Gasteiger partial charge in [-0.2, -0.15) is 0 Å². The molecule has 2 heteroatoms. The molecule has 1 heterocycles. The van der Waals surface area contributed by atoms with Gasteiger partial charge in [0.1, 0.15) is 0 Å². The minimum Gasteiger partial charge on any atom is -0.147 e. The molecule has 2 aromatic rings. The van der Waals surface area contributed by atoms with Crippen LogP contribution in [0.2, 0.25) is 8.35 Å². The third-order valence-electron chi connectivity index (χ3n) is 5.66. The van der Waals surface area contributed by atoms with Gasteiger partial charge in [0.05, 0.1) is 0 Å². The van der Waals surface area contributed by atoms with E-state index in [0.29, 0.717) is 0 Å². The zero-order chi connectivity index (χ0) is 13.9. The molecule has 0 bridgehead atoms. The molecule has 0 nitrogen and oxygen atoms in total. The molecule has 0 aromatic heterocycles. The quantitative estimate of drug-likeness (QED) is 0.473. The second-order valence-electron chi connectivity index (χ2n) is 6.66. The third kappa shape index (κ3) is 1.98. The molecule has 110 valence electrons. The first-order chi connectivity index (χ1) is 10.4. The van der Waals surface area contributed by atoms with Crippen LogP contribution < -0.4 is 0 Å². The Hall–Kier alpha value is -0.920. The van der Waals surface area contributed by atoms with Crippen molar-refractivity contribution in [3.8, 4) is 0 Å². The minimum atomic E-state index is -2.27. The average Bonchev–Trinajstić information content (AvgIpc) is 3.03. The summed E-state index contributed by atoms with van der Waals surface area (Å²) < 4.78 is 4.77. The van der Waals surface area contributed by atoms with Gasteiger partial charge in [0, 0.05) is 0 Å². The number of allylic oxidation sites excluding steroid dienone is 2. The molecule has 0 spiro atoms. The molecule has 1 saturated heterocycles. The molecular weight excluding hydrogens is 454 g/mol. The third-order valence-corrected chi connectivity index (χ3v) is 24.1. The summed E-state index contributed by atoms with van der Waals surface area (Å²) in [5.41, 5.74) is 6.22. The van der Waals surface area contributed by atoms with Crippen molar-refractivity contribution >= 4 is 24.6 Å². The van der Waals surface area contributed by atoms with Crippen LogP contribution >= 0.6 is 12.4 Å². The van der Waals surface area contributed by atoms with E-state index < -0.39 is 20.0 Å². The summed E-state index contributed by atoms with van der Waals surface area (Å²) in [6.45, 7) is 0. The Bertz CT molecular complexity index is 722. The molecular formula is C20H19ClHf. The van der Waals surface area contributed by atoms with E-state index >= 15 is 0 Å². The van der Waals surface area contributed by atoms with Crippen molar-refractivity contribution in [2.45, 2.75) is 15.7 Å². The number of fused-ring (bicyclic) bond motifs is 2. The van der Waals surface area contributed by atoms with Gasteiger partial charge in [0.2, 0.25) is 0 Å². The fourth-order valence-electron chi connectivity index (χ4n) is 4.46. The molecule has 0 saturated carbocycles.